The van der Waals surface area contributed by atoms with E-state index in [9.17, 15) is 4.39 Å². The van der Waals surface area contributed by atoms with Crippen molar-refractivity contribution in [3.63, 3.8) is 0 Å². The van der Waals surface area contributed by atoms with E-state index < -0.39 is 0 Å². The largest absolute Gasteiger partial charge is 0.356 e. The third-order valence-electron chi connectivity index (χ3n) is 5.15. The fourth-order valence-electron chi connectivity index (χ4n) is 3.26. The Bertz CT molecular complexity index is 558. The van der Waals surface area contributed by atoms with Crippen molar-refractivity contribution in [1.82, 2.24) is 15.5 Å². The van der Waals surface area contributed by atoms with Crippen LogP contribution in [0.1, 0.15) is 46.1 Å². The average Bonchev–Trinajstić information content (AvgIpc) is 2.59. The number of guanidine groups is 1. The minimum Gasteiger partial charge on any atom is -0.356 e. The number of nitrogens with zero attached hydrogens (tertiary/aromatic N) is 2. The number of nitrogens with one attached hydrogen (secondary N) is 2. The Morgan fingerprint density at radius 1 is 1.24 bits per heavy atom. The van der Waals surface area contributed by atoms with Gasteiger partial charge in [-0.1, -0.05) is 26.0 Å². The highest BCUT2D eigenvalue weighted by Crippen LogP contribution is 2.22. The Morgan fingerprint density at radius 3 is 2.36 bits per heavy atom. The number of piperidine rings is 1. The molecule has 0 bridgehead atoms. The molecule has 1 aliphatic rings. The first-order chi connectivity index (χ1) is 11.8. The van der Waals surface area contributed by atoms with Gasteiger partial charge in [0.15, 0.2) is 5.96 Å². The molecule has 0 saturated carbocycles. The third kappa shape index (κ3) is 5.70. The van der Waals surface area contributed by atoms with Crippen molar-refractivity contribution >= 4 is 5.96 Å². The number of hydrogen-bond acceptors (Lipinski definition) is 2. The molecule has 1 aliphatic heterocycles. The Morgan fingerprint density at radius 2 is 1.84 bits per heavy atom. The summed E-state index contributed by atoms with van der Waals surface area (Å²) in [4.78, 5) is 6.89. The minimum absolute atomic E-state index is 0.105. The topological polar surface area (TPSA) is 39.7 Å². The number of benzene rings is 1. The number of halogens is 1. The average molecular weight is 349 g/mol. The van der Waals surface area contributed by atoms with E-state index in [0.717, 1.165) is 44.0 Å². The smallest absolute Gasteiger partial charge is 0.191 e. The molecule has 2 rings (SSSR count). The van der Waals surface area contributed by atoms with Crippen LogP contribution in [-0.4, -0.2) is 49.6 Å². The van der Waals surface area contributed by atoms with E-state index in [2.05, 4.69) is 48.2 Å². The summed E-state index contributed by atoms with van der Waals surface area (Å²) in [5, 5.41) is 6.99. The Balaban J connectivity index is 1.85. The summed E-state index contributed by atoms with van der Waals surface area (Å²) in [5.74, 6) is 0.649. The maximum atomic E-state index is 13.1. The lowest BCUT2D eigenvalue weighted by molar-refractivity contribution is 0.167. The summed E-state index contributed by atoms with van der Waals surface area (Å²) >= 11 is 0. The van der Waals surface area contributed by atoms with Gasteiger partial charge < -0.3 is 15.5 Å². The highest BCUT2D eigenvalue weighted by atomic mass is 19.1. The summed E-state index contributed by atoms with van der Waals surface area (Å²) < 4.78 is 13.1. The van der Waals surface area contributed by atoms with Gasteiger partial charge in [-0.25, -0.2) is 4.39 Å². The molecule has 0 atom stereocenters. The molecule has 2 N–H and O–H groups in total. The molecule has 1 saturated heterocycles. The van der Waals surface area contributed by atoms with Gasteiger partial charge in [0.1, 0.15) is 5.82 Å². The van der Waals surface area contributed by atoms with Crippen LogP contribution < -0.4 is 10.6 Å². The predicted molar refractivity (Wildman–Crippen MR) is 104 cm³/mol. The molecular formula is C20H33FN4. The van der Waals surface area contributed by atoms with E-state index in [1.54, 1.807) is 0 Å². The maximum absolute atomic E-state index is 13.1. The van der Waals surface area contributed by atoms with Crippen LogP contribution in [0.3, 0.4) is 0 Å². The summed E-state index contributed by atoms with van der Waals surface area (Å²) in [6, 6.07) is 7.84. The fourth-order valence-corrected chi connectivity index (χ4v) is 3.26. The van der Waals surface area contributed by atoms with Crippen molar-refractivity contribution in [2.75, 3.05) is 26.7 Å². The van der Waals surface area contributed by atoms with Gasteiger partial charge in [0.25, 0.3) is 0 Å². The van der Waals surface area contributed by atoms with Crippen LogP contribution in [0.25, 0.3) is 0 Å². The van der Waals surface area contributed by atoms with Crippen LogP contribution in [0.5, 0.6) is 0 Å². The Kier molecular flexibility index (Phi) is 6.82. The minimum atomic E-state index is -0.197. The maximum Gasteiger partial charge on any atom is 0.191 e. The monoisotopic (exact) mass is 348 g/mol. The third-order valence-corrected chi connectivity index (χ3v) is 5.15. The van der Waals surface area contributed by atoms with E-state index in [4.69, 9.17) is 0 Å². The number of hydrogen-bond donors (Lipinski definition) is 2. The van der Waals surface area contributed by atoms with Gasteiger partial charge in [0, 0.05) is 44.2 Å². The molecular weight excluding hydrogens is 315 g/mol. The summed E-state index contributed by atoms with van der Waals surface area (Å²) in [7, 11) is 1.81. The van der Waals surface area contributed by atoms with Crippen molar-refractivity contribution in [3.05, 3.63) is 35.6 Å². The lowest BCUT2D eigenvalue weighted by Crippen LogP contribution is -2.51. The first-order valence-electron chi connectivity index (χ1n) is 9.29. The van der Waals surface area contributed by atoms with Gasteiger partial charge in [0.05, 0.1) is 0 Å². The molecule has 25 heavy (non-hydrogen) atoms. The second kappa shape index (κ2) is 8.65. The van der Waals surface area contributed by atoms with E-state index in [1.165, 1.54) is 12.1 Å². The second-order valence-electron chi connectivity index (χ2n) is 7.86. The van der Waals surface area contributed by atoms with Crippen molar-refractivity contribution < 1.29 is 4.39 Å². The SMILES string of the molecule is CN=C(NCC(C)(C)c1ccc(F)cc1)NC1CCN(C(C)C)CC1. The van der Waals surface area contributed by atoms with Gasteiger partial charge in [0.2, 0.25) is 0 Å². The van der Waals surface area contributed by atoms with Crippen molar-refractivity contribution in [2.45, 2.75) is 58.0 Å². The molecule has 5 heteroatoms. The summed E-state index contributed by atoms with van der Waals surface area (Å²) in [6.07, 6.45) is 2.28. The van der Waals surface area contributed by atoms with Gasteiger partial charge >= 0.3 is 0 Å². The van der Waals surface area contributed by atoms with Gasteiger partial charge in [-0.3, -0.25) is 4.99 Å². The molecule has 0 aromatic heterocycles. The second-order valence-corrected chi connectivity index (χ2v) is 7.86. The molecule has 0 aliphatic carbocycles. The molecule has 1 heterocycles. The molecule has 0 amide bonds. The van der Waals surface area contributed by atoms with Crippen molar-refractivity contribution in [3.8, 4) is 0 Å². The fraction of sp³-hybridized carbons (Fsp3) is 0.650. The Labute approximate surface area is 151 Å². The summed E-state index contributed by atoms with van der Waals surface area (Å²) in [6.45, 7) is 11.8. The number of rotatable bonds is 5. The van der Waals surface area contributed by atoms with E-state index >= 15 is 0 Å². The molecule has 4 nitrogen and oxygen atoms in total. The molecule has 1 aromatic carbocycles. The zero-order valence-corrected chi connectivity index (χ0v) is 16.3. The highest BCUT2D eigenvalue weighted by Gasteiger charge is 2.23. The van der Waals surface area contributed by atoms with Crippen LogP contribution in [0.15, 0.2) is 29.3 Å². The highest BCUT2D eigenvalue weighted by molar-refractivity contribution is 5.80. The first kappa shape index (κ1) is 19.7. The summed E-state index contributed by atoms with van der Waals surface area (Å²) in [5.41, 5.74) is 1.01. The van der Waals surface area contributed by atoms with Gasteiger partial charge in [-0.05, 0) is 44.4 Å². The molecule has 140 valence electrons. The van der Waals surface area contributed by atoms with Crippen LogP contribution in [0.2, 0.25) is 0 Å². The van der Waals surface area contributed by atoms with E-state index in [-0.39, 0.29) is 11.2 Å². The van der Waals surface area contributed by atoms with Crippen LogP contribution in [-0.2, 0) is 5.41 Å². The normalized spacial score (nSPS) is 17.8. The Hall–Kier alpha value is -1.62. The molecule has 0 spiro atoms. The zero-order chi connectivity index (χ0) is 18.4. The molecule has 1 fully saturated rings. The lowest BCUT2D eigenvalue weighted by Gasteiger charge is -2.35. The quantitative estimate of drug-likeness (QED) is 0.634. The number of likely N-dealkylation sites (tertiary alicyclic amines) is 1. The first-order valence-corrected chi connectivity index (χ1v) is 9.29. The van der Waals surface area contributed by atoms with Crippen LogP contribution >= 0.6 is 0 Å². The van der Waals surface area contributed by atoms with Crippen LogP contribution in [0.4, 0.5) is 4.39 Å². The standard InChI is InChI=1S/C20H33FN4/c1-15(2)25-12-10-18(11-13-25)24-19(22-5)23-14-20(3,4)16-6-8-17(21)9-7-16/h6-9,15,18H,10-14H2,1-5H3,(H2,22,23,24). The number of aliphatic imine (C=N–C) groups is 1. The molecule has 0 unspecified atom stereocenters. The molecule has 1 aromatic rings. The van der Waals surface area contributed by atoms with Gasteiger partial charge in [-0.15, -0.1) is 0 Å². The van der Waals surface area contributed by atoms with E-state index in [0.29, 0.717) is 12.1 Å². The predicted octanol–water partition coefficient (Wildman–Crippen LogP) is 3.14. The van der Waals surface area contributed by atoms with E-state index in [1.807, 2.05) is 19.2 Å². The van der Waals surface area contributed by atoms with Crippen molar-refractivity contribution in [2.24, 2.45) is 4.99 Å². The van der Waals surface area contributed by atoms with Crippen molar-refractivity contribution in [1.29, 1.82) is 0 Å². The molecule has 0 radical (unpaired) electrons. The lowest BCUT2D eigenvalue weighted by atomic mass is 9.84. The van der Waals surface area contributed by atoms with Crippen LogP contribution in [0, 0.1) is 5.82 Å². The zero-order valence-electron chi connectivity index (χ0n) is 16.3. The van der Waals surface area contributed by atoms with Gasteiger partial charge in [-0.2, -0.15) is 0 Å².